The summed E-state index contributed by atoms with van der Waals surface area (Å²) in [6, 6.07) is 119. The maximum absolute atomic E-state index is 5.18. The molecule has 13 rings (SSSR count). The van der Waals surface area contributed by atoms with Crippen LogP contribution < -0.4 is 20.7 Å². The molecule has 0 radical (unpaired) electrons. The molecule has 0 atom stereocenters. The first kappa shape index (κ1) is 48.6. The predicted molar refractivity (Wildman–Crippen MR) is 335 cm³/mol. The molecule has 0 aliphatic rings. The van der Waals surface area contributed by atoms with E-state index in [1.54, 1.807) is 0 Å². The third-order valence-corrected chi connectivity index (χ3v) is 20.0. The zero-order valence-electron chi connectivity index (χ0n) is 43.6. The van der Waals surface area contributed by atoms with Crippen LogP contribution in [0.1, 0.15) is 0 Å². The lowest BCUT2D eigenvalue weighted by Gasteiger charge is -2.34. The Morgan fingerprint density at radius 3 is 0.975 bits per heavy atom. The third-order valence-electron chi connectivity index (χ3n) is 15.3. The molecule has 12 aromatic carbocycles. The molecule has 0 aliphatic heterocycles. The van der Waals surface area contributed by atoms with Crippen molar-refractivity contribution in [2.75, 3.05) is 0 Å². The van der Waals surface area contributed by atoms with Gasteiger partial charge in [0.2, 0.25) is 0 Å². The number of rotatable bonds is 13. The Morgan fingerprint density at radius 2 is 0.506 bits per heavy atom. The second kappa shape index (κ2) is 21.9. The highest BCUT2D eigenvalue weighted by Gasteiger charge is 2.41. The summed E-state index contributed by atoms with van der Waals surface area (Å²) in [7, 11) is -2.84. The van der Waals surface area contributed by atoms with Crippen LogP contribution in [-0.4, -0.2) is 18.0 Å². The van der Waals surface area contributed by atoms with Gasteiger partial charge in [-0.25, -0.2) is 9.97 Å². The number of hydrogen-bond acceptors (Lipinski definition) is 2. The minimum Gasteiger partial charge on any atom is -0.228 e. The average molecular weight is 1020 g/mol. The van der Waals surface area contributed by atoms with Gasteiger partial charge in [-0.1, -0.05) is 303 Å². The largest absolute Gasteiger partial charge is 0.228 e. The van der Waals surface area contributed by atoms with Crippen molar-refractivity contribution < 1.29 is 0 Å². The molecule has 0 fully saturated rings. The van der Waals surface area contributed by atoms with Gasteiger partial charge in [0.25, 0.3) is 0 Å². The molecule has 79 heavy (non-hydrogen) atoms. The molecule has 0 bridgehead atoms. The molecule has 372 valence electrons. The maximum atomic E-state index is 5.18. The Bertz CT molecular complexity index is 4080. The molecule has 1 heterocycles. The van der Waals surface area contributed by atoms with Crippen molar-refractivity contribution >= 4 is 28.8 Å². The first-order valence-corrected chi connectivity index (χ1v) is 29.0. The van der Waals surface area contributed by atoms with Gasteiger partial charge in [-0.05, 0) is 112 Å². The lowest BCUT2D eigenvalue weighted by molar-refractivity contribution is 1.18. The monoisotopic (exact) mass is 1020 g/mol. The van der Waals surface area contributed by atoms with Gasteiger partial charge >= 0.3 is 0 Å². The quantitative estimate of drug-likeness (QED) is 0.0850. The highest BCUT2D eigenvalue weighted by atomic mass is 28.3. The molecule has 0 aliphatic carbocycles. The number of benzene rings is 12. The van der Waals surface area contributed by atoms with E-state index in [1.165, 1.54) is 59.7 Å². The summed E-state index contributed by atoms with van der Waals surface area (Å²) in [5.74, 6) is 0.694. The molecule has 0 unspecified atom stereocenters. The van der Waals surface area contributed by atoms with E-state index in [9.17, 15) is 0 Å². The van der Waals surface area contributed by atoms with Crippen molar-refractivity contribution in [3.63, 3.8) is 0 Å². The normalized spacial score (nSPS) is 11.3. The summed E-state index contributed by atoms with van der Waals surface area (Å²) >= 11 is 0. The Balaban J connectivity index is 0.938. The summed E-state index contributed by atoms with van der Waals surface area (Å²) < 4.78 is 0. The number of hydrogen-bond donors (Lipinski definition) is 0. The predicted octanol–water partition coefficient (Wildman–Crippen LogP) is 16.9. The van der Waals surface area contributed by atoms with Gasteiger partial charge in [0.15, 0.2) is 13.9 Å². The van der Waals surface area contributed by atoms with Crippen LogP contribution in [0, 0.1) is 0 Å². The van der Waals surface area contributed by atoms with Crippen molar-refractivity contribution in [3.8, 4) is 101 Å². The van der Waals surface area contributed by atoms with Gasteiger partial charge in [0.1, 0.15) is 0 Å². The fourth-order valence-corrected chi connectivity index (χ4v) is 16.2. The van der Waals surface area contributed by atoms with Crippen LogP contribution in [0.2, 0.25) is 0 Å². The lowest BCUT2D eigenvalue weighted by Crippen LogP contribution is -2.74. The molecule has 13 aromatic rings. The van der Waals surface area contributed by atoms with Gasteiger partial charge in [-0.3, -0.25) is 0 Å². The Hall–Kier alpha value is -10.1. The van der Waals surface area contributed by atoms with Gasteiger partial charge in [0, 0.05) is 16.7 Å². The minimum atomic E-state index is -2.84. The van der Waals surface area contributed by atoms with Crippen molar-refractivity contribution in [1.82, 2.24) is 9.97 Å². The van der Waals surface area contributed by atoms with Crippen LogP contribution in [0.25, 0.3) is 101 Å². The number of aromatic nitrogens is 2. The topological polar surface area (TPSA) is 25.8 Å². The van der Waals surface area contributed by atoms with Crippen LogP contribution >= 0.6 is 0 Å². The smallest absolute Gasteiger partial charge is 0.179 e. The number of nitrogens with zero attached hydrogens (tertiary/aromatic N) is 2. The molecule has 3 heteroatoms. The van der Waals surface area contributed by atoms with Crippen molar-refractivity contribution in [3.05, 3.63) is 328 Å². The van der Waals surface area contributed by atoms with Crippen LogP contribution in [-0.2, 0) is 0 Å². The standard InChI is InChI=1S/C76H54N2Si/c1-8-24-55(25-9-1)57-42-46-59(47-43-57)73-54-74(78-76(77-73)62-30-14-4-15-31-62)60-48-44-58(45-49-60)63-32-22-33-64(50-63)71-52-66(56-26-10-2-11-27-56)53-72(75(71)61-28-12-3-13-29-61)65-34-23-41-70(51-65)79(67-35-16-5-17-36-67,68-37-18-6-19-38-68)69-39-20-7-21-40-69/h1-54H. The van der Waals surface area contributed by atoms with Crippen LogP contribution in [0.5, 0.6) is 0 Å². The van der Waals surface area contributed by atoms with E-state index < -0.39 is 8.07 Å². The first-order chi connectivity index (χ1) is 39.2. The molecule has 0 spiro atoms. The summed E-state index contributed by atoms with van der Waals surface area (Å²) in [5, 5.41) is 5.37. The molecule has 0 amide bonds. The van der Waals surface area contributed by atoms with Gasteiger partial charge in [0.05, 0.1) is 11.4 Å². The zero-order valence-corrected chi connectivity index (χ0v) is 44.6. The van der Waals surface area contributed by atoms with E-state index in [4.69, 9.17) is 9.97 Å². The minimum absolute atomic E-state index is 0.694. The van der Waals surface area contributed by atoms with Crippen molar-refractivity contribution in [2.24, 2.45) is 0 Å². The highest BCUT2D eigenvalue weighted by Crippen LogP contribution is 2.44. The Morgan fingerprint density at radius 1 is 0.190 bits per heavy atom. The van der Waals surface area contributed by atoms with Crippen molar-refractivity contribution in [1.29, 1.82) is 0 Å². The summed E-state index contributed by atoms with van der Waals surface area (Å²) in [5.41, 5.74) is 18.8. The summed E-state index contributed by atoms with van der Waals surface area (Å²) in [4.78, 5) is 10.3. The SMILES string of the molecule is c1ccc(-c2ccc(-c3cc(-c4ccc(-c5cccc(-c6cc(-c7ccccc7)cc(-c7cccc([Si](c8ccccc8)(c8ccccc8)c8ccccc8)c7)c6-c6ccccc6)c5)cc4)nc(-c4ccccc4)n3)cc2)cc1. The third kappa shape index (κ3) is 9.76. The van der Waals surface area contributed by atoms with Gasteiger partial charge in [-0.15, -0.1) is 0 Å². The Labute approximate surface area is 464 Å². The Kier molecular flexibility index (Phi) is 13.5. The van der Waals surface area contributed by atoms with Crippen LogP contribution in [0.15, 0.2) is 328 Å². The molecular formula is C76H54N2Si. The molecular weight excluding hydrogens is 969 g/mol. The molecule has 0 saturated carbocycles. The zero-order chi connectivity index (χ0) is 52.8. The fraction of sp³-hybridized carbons (Fsp3) is 0. The van der Waals surface area contributed by atoms with Gasteiger partial charge in [-0.2, -0.15) is 0 Å². The van der Waals surface area contributed by atoms with Crippen molar-refractivity contribution in [2.45, 2.75) is 0 Å². The summed E-state index contributed by atoms with van der Waals surface area (Å²) in [6.07, 6.45) is 0. The second-order valence-electron chi connectivity index (χ2n) is 20.0. The first-order valence-electron chi connectivity index (χ1n) is 27.0. The van der Waals surface area contributed by atoms with E-state index >= 15 is 0 Å². The van der Waals surface area contributed by atoms with E-state index in [0.29, 0.717) is 5.82 Å². The van der Waals surface area contributed by atoms with E-state index in [2.05, 4.69) is 309 Å². The lowest BCUT2D eigenvalue weighted by atomic mass is 9.84. The van der Waals surface area contributed by atoms with Crippen LogP contribution in [0.4, 0.5) is 0 Å². The molecule has 0 N–H and O–H groups in total. The van der Waals surface area contributed by atoms with E-state index in [1.807, 2.05) is 18.2 Å². The molecule has 2 nitrogen and oxygen atoms in total. The molecule has 1 aromatic heterocycles. The highest BCUT2D eigenvalue weighted by molar-refractivity contribution is 7.19. The average Bonchev–Trinajstić information content (AvgIpc) is 3.63. The summed E-state index contributed by atoms with van der Waals surface area (Å²) in [6.45, 7) is 0. The molecule has 0 saturated heterocycles. The second-order valence-corrected chi connectivity index (χ2v) is 23.8. The van der Waals surface area contributed by atoms with E-state index in [0.717, 1.165) is 55.9 Å². The van der Waals surface area contributed by atoms with E-state index in [-0.39, 0.29) is 0 Å². The van der Waals surface area contributed by atoms with Gasteiger partial charge < -0.3 is 0 Å². The van der Waals surface area contributed by atoms with Crippen LogP contribution in [0.3, 0.4) is 0 Å². The maximum Gasteiger partial charge on any atom is 0.179 e. The fourth-order valence-electron chi connectivity index (χ4n) is 11.4.